The lowest BCUT2D eigenvalue weighted by Crippen LogP contribution is -2.33. The molecule has 1 amide bonds. The summed E-state index contributed by atoms with van der Waals surface area (Å²) in [6.07, 6.45) is 8.35. The number of hydrogen-bond acceptors (Lipinski definition) is 3. The van der Waals surface area contributed by atoms with Crippen molar-refractivity contribution in [2.24, 2.45) is 0 Å². The van der Waals surface area contributed by atoms with Crippen molar-refractivity contribution in [3.05, 3.63) is 46.8 Å². The Labute approximate surface area is 154 Å². The first kappa shape index (κ1) is 17.1. The molecule has 0 spiro atoms. The standard InChI is InChI=1S/C21H27N3O2/c1-15-19(14-22-24(15)17-7-3-4-8-17)21(25)23-12-10-16-6-5-9-20(26-2)18(16)11-13-23/h5-6,9,14,17H,3-4,7-8,10-13H2,1-2H3. The summed E-state index contributed by atoms with van der Waals surface area (Å²) in [5, 5.41) is 4.55. The van der Waals surface area contributed by atoms with Gasteiger partial charge in [0.1, 0.15) is 5.75 Å². The molecule has 1 aromatic carbocycles. The van der Waals surface area contributed by atoms with Crippen LogP contribution in [0, 0.1) is 6.92 Å². The van der Waals surface area contributed by atoms with Crippen LogP contribution < -0.4 is 4.74 Å². The third-order valence-corrected chi connectivity index (χ3v) is 5.97. The highest BCUT2D eigenvalue weighted by Gasteiger charge is 2.26. The van der Waals surface area contributed by atoms with Gasteiger partial charge >= 0.3 is 0 Å². The number of rotatable bonds is 3. The van der Waals surface area contributed by atoms with Gasteiger partial charge in [0, 0.05) is 18.8 Å². The molecule has 5 heteroatoms. The lowest BCUT2D eigenvalue weighted by atomic mass is 10.0. The van der Waals surface area contributed by atoms with Crippen molar-refractivity contribution in [1.82, 2.24) is 14.7 Å². The fourth-order valence-corrected chi connectivity index (χ4v) is 4.46. The lowest BCUT2D eigenvalue weighted by Gasteiger charge is -2.20. The summed E-state index contributed by atoms with van der Waals surface area (Å²) in [6.45, 7) is 3.50. The molecule has 1 aromatic heterocycles. The predicted molar refractivity (Wildman–Crippen MR) is 101 cm³/mol. The molecule has 0 atom stereocenters. The third-order valence-electron chi connectivity index (χ3n) is 5.97. The third kappa shape index (κ3) is 3.00. The number of hydrogen-bond donors (Lipinski definition) is 0. The molecule has 1 saturated carbocycles. The first-order valence-electron chi connectivity index (χ1n) is 9.67. The van der Waals surface area contributed by atoms with E-state index in [1.807, 2.05) is 24.0 Å². The van der Waals surface area contributed by atoms with Gasteiger partial charge in [0.15, 0.2) is 0 Å². The second-order valence-electron chi connectivity index (χ2n) is 7.42. The van der Waals surface area contributed by atoms with Gasteiger partial charge < -0.3 is 9.64 Å². The molecular formula is C21H27N3O2. The Morgan fingerprint density at radius 1 is 1.19 bits per heavy atom. The monoisotopic (exact) mass is 353 g/mol. The molecule has 1 aliphatic carbocycles. The van der Waals surface area contributed by atoms with E-state index in [2.05, 4.69) is 15.8 Å². The number of carbonyl (C=O) groups excluding carboxylic acids is 1. The number of methoxy groups -OCH3 is 1. The van der Waals surface area contributed by atoms with Gasteiger partial charge in [-0.05, 0) is 49.8 Å². The maximum Gasteiger partial charge on any atom is 0.257 e. The van der Waals surface area contributed by atoms with Gasteiger partial charge in [-0.1, -0.05) is 25.0 Å². The van der Waals surface area contributed by atoms with Crippen molar-refractivity contribution in [1.29, 1.82) is 0 Å². The smallest absolute Gasteiger partial charge is 0.257 e. The molecule has 0 unspecified atom stereocenters. The van der Waals surface area contributed by atoms with E-state index in [9.17, 15) is 4.79 Å². The molecule has 4 rings (SSSR count). The van der Waals surface area contributed by atoms with E-state index in [0.29, 0.717) is 6.04 Å². The average molecular weight is 353 g/mol. The zero-order valence-electron chi connectivity index (χ0n) is 15.7. The van der Waals surface area contributed by atoms with E-state index in [-0.39, 0.29) is 5.91 Å². The summed E-state index contributed by atoms with van der Waals surface area (Å²) in [4.78, 5) is 15.1. The van der Waals surface area contributed by atoms with Crippen LogP contribution in [0.2, 0.25) is 0 Å². The molecule has 138 valence electrons. The zero-order valence-corrected chi connectivity index (χ0v) is 15.7. The SMILES string of the molecule is COc1cccc2c1CCN(C(=O)c1cnn(C3CCCC3)c1C)CC2. The summed E-state index contributed by atoms with van der Waals surface area (Å²) in [5.41, 5.74) is 4.30. The minimum absolute atomic E-state index is 0.110. The van der Waals surface area contributed by atoms with E-state index in [1.54, 1.807) is 13.3 Å². The lowest BCUT2D eigenvalue weighted by molar-refractivity contribution is 0.0762. The summed E-state index contributed by atoms with van der Waals surface area (Å²) < 4.78 is 7.59. The molecule has 26 heavy (non-hydrogen) atoms. The first-order valence-corrected chi connectivity index (χ1v) is 9.67. The number of benzene rings is 1. The molecule has 2 aliphatic rings. The van der Waals surface area contributed by atoms with Crippen LogP contribution in [0.15, 0.2) is 24.4 Å². The van der Waals surface area contributed by atoms with E-state index >= 15 is 0 Å². The van der Waals surface area contributed by atoms with Crippen LogP contribution in [0.3, 0.4) is 0 Å². The fraction of sp³-hybridized carbons (Fsp3) is 0.524. The highest BCUT2D eigenvalue weighted by Crippen LogP contribution is 2.31. The van der Waals surface area contributed by atoms with E-state index < -0.39 is 0 Å². The average Bonchev–Trinajstić information content (AvgIpc) is 3.25. The van der Waals surface area contributed by atoms with Gasteiger partial charge in [0.2, 0.25) is 0 Å². The van der Waals surface area contributed by atoms with Crippen molar-refractivity contribution in [3.63, 3.8) is 0 Å². The van der Waals surface area contributed by atoms with Crippen molar-refractivity contribution >= 4 is 5.91 Å². The van der Waals surface area contributed by atoms with Gasteiger partial charge in [0.05, 0.1) is 24.9 Å². The largest absolute Gasteiger partial charge is 0.496 e. The van der Waals surface area contributed by atoms with Crippen molar-refractivity contribution in [2.75, 3.05) is 20.2 Å². The predicted octanol–water partition coefficient (Wildman–Crippen LogP) is 3.56. The minimum atomic E-state index is 0.110. The molecule has 0 N–H and O–H groups in total. The number of fused-ring (bicyclic) bond motifs is 1. The number of nitrogens with zero attached hydrogens (tertiary/aromatic N) is 3. The topological polar surface area (TPSA) is 47.4 Å². The normalized spacial score (nSPS) is 17.8. The molecule has 5 nitrogen and oxygen atoms in total. The Balaban J connectivity index is 1.53. The Morgan fingerprint density at radius 3 is 2.73 bits per heavy atom. The maximum absolute atomic E-state index is 13.1. The van der Waals surface area contributed by atoms with Crippen LogP contribution in [0.5, 0.6) is 5.75 Å². The molecular weight excluding hydrogens is 326 g/mol. The van der Waals surface area contributed by atoms with Gasteiger partial charge in [-0.3, -0.25) is 9.48 Å². The summed E-state index contributed by atoms with van der Waals surface area (Å²) in [6, 6.07) is 6.65. The van der Waals surface area contributed by atoms with Crippen LogP contribution in [0.25, 0.3) is 0 Å². The maximum atomic E-state index is 13.1. The van der Waals surface area contributed by atoms with Gasteiger partial charge in [-0.25, -0.2) is 0 Å². The molecule has 1 aliphatic heterocycles. The molecule has 0 radical (unpaired) electrons. The van der Waals surface area contributed by atoms with Crippen LogP contribution in [-0.2, 0) is 12.8 Å². The van der Waals surface area contributed by atoms with Crippen LogP contribution in [0.4, 0.5) is 0 Å². The van der Waals surface area contributed by atoms with Gasteiger partial charge in [0.25, 0.3) is 5.91 Å². The second-order valence-corrected chi connectivity index (χ2v) is 7.42. The van der Waals surface area contributed by atoms with Crippen LogP contribution in [0.1, 0.15) is 58.9 Å². The Hall–Kier alpha value is -2.30. The quantitative estimate of drug-likeness (QED) is 0.848. The molecule has 1 fully saturated rings. The van der Waals surface area contributed by atoms with Crippen molar-refractivity contribution in [3.8, 4) is 5.75 Å². The number of amides is 1. The van der Waals surface area contributed by atoms with Crippen molar-refractivity contribution in [2.45, 2.75) is 51.5 Å². The number of carbonyl (C=O) groups is 1. The Morgan fingerprint density at radius 2 is 1.96 bits per heavy atom. The van der Waals surface area contributed by atoms with E-state index in [4.69, 9.17) is 4.74 Å². The molecule has 2 aromatic rings. The van der Waals surface area contributed by atoms with Crippen LogP contribution in [-0.4, -0.2) is 40.8 Å². The highest BCUT2D eigenvalue weighted by molar-refractivity contribution is 5.95. The molecule has 2 heterocycles. The van der Waals surface area contributed by atoms with Gasteiger partial charge in [-0.2, -0.15) is 5.10 Å². The summed E-state index contributed by atoms with van der Waals surface area (Å²) in [5.74, 6) is 1.04. The number of aromatic nitrogens is 2. The second kappa shape index (κ2) is 7.14. The first-order chi connectivity index (χ1) is 12.7. The van der Waals surface area contributed by atoms with Gasteiger partial charge in [-0.15, -0.1) is 0 Å². The van der Waals surface area contributed by atoms with E-state index in [0.717, 1.165) is 42.9 Å². The van der Waals surface area contributed by atoms with Crippen LogP contribution >= 0.6 is 0 Å². The zero-order chi connectivity index (χ0) is 18.1. The Kier molecular flexibility index (Phi) is 4.70. The summed E-state index contributed by atoms with van der Waals surface area (Å²) in [7, 11) is 1.71. The highest BCUT2D eigenvalue weighted by atomic mass is 16.5. The molecule has 0 bridgehead atoms. The minimum Gasteiger partial charge on any atom is -0.496 e. The Bertz CT molecular complexity index is 806. The molecule has 0 saturated heterocycles. The van der Waals surface area contributed by atoms with Crippen molar-refractivity contribution < 1.29 is 9.53 Å². The summed E-state index contributed by atoms with van der Waals surface area (Å²) >= 11 is 0. The fourth-order valence-electron chi connectivity index (χ4n) is 4.46. The number of ether oxygens (including phenoxy) is 1. The van der Waals surface area contributed by atoms with E-state index in [1.165, 1.54) is 36.8 Å².